The molecule has 0 heterocycles. The van der Waals surface area contributed by atoms with E-state index in [1.165, 1.54) is 57.8 Å². The molecule has 2 unspecified atom stereocenters. The largest absolute Gasteiger partial charge is 0.394 e. The average molecular weight is 464 g/mol. The first-order chi connectivity index (χ1) is 16.2. The van der Waals surface area contributed by atoms with Crippen LogP contribution in [0.25, 0.3) is 0 Å². The van der Waals surface area contributed by atoms with Gasteiger partial charge in [0.25, 0.3) is 0 Å². The molecule has 0 fully saturated rings. The first-order valence-corrected chi connectivity index (χ1v) is 13.7. The molecule has 0 aliphatic heterocycles. The van der Waals surface area contributed by atoms with Crippen LogP contribution in [0.2, 0.25) is 0 Å². The molecule has 2 atom stereocenters. The Morgan fingerprint density at radius 3 is 1.76 bits per heavy atom. The Kier molecular flexibility index (Phi) is 24.2. The van der Waals surface area contributed by atoms with E-state index < -0.39 is 12.1 Å². The summed E-state index contributed by atoms with van der Waals surface area (Å²) < 4.78 is 0. The highest BCUT2D eigenvalue weighted by Gasteiger charge is 2.17. The number of allylic oxidation sites excluding steroid dienone is 5. The lowest BCUT2D eigenvalue weighted by molar-refractivity contribution is -0.123. The van der Waals surface area contributed by atoms with E-state index in [4.69, 9.17) is 0 Å². The highest BCUT2D eigenvalue weighted by atomic mass is 16.3. The Bertz CT molecular complexity index is 513. The third-order valence-electron chi connectivity index (χ3n) is 5.85. The molecule has 0 saturated carbocycles. The van der Waals surface area contributed by atoms with Crippen molar-refractivity contribution < 1.29 is 15.0 Å². The number of unbranched alkanes of at least 4 members (excludes halogenated alkanes) is 12. The lowest BCUT2D eigenvalue weighted by Crippen LogP contribution is -2.45. The van der Waals surface area contributed by atoms with Gasteiger partial charge in [-0.25, -0.2) is 0 Å². The van der Waals surface area contributed by atoms with Crippen molar-refractivity contribution in [1.29, 1.82) is 0 Å². The van der Waals surface area contributed by atoms with Crippen molar-refractivity contribution in [2.75, 3.05) is 6.61 Å². The molecular formula is C29H53NO3. The second-order valence-corrected chi connectivity index (χ2v) is 9.09. The van der Waals surface area contributed by atoms with Crippen molar-refractivity contribution >= 4 is 5.91 Å². The van der Waals surface area contributed by atoms with E-state index in [9.17, 15) is 15.0 Å². The van der Waals surface area contributed by atoms with Crippen molar-refractivity contribution in [2.24, 2.45) is 0 Å². The smallest absolute Gasteiger partial charge is 0.220 e. The van der Waals surface area contributed by atoms with Gasteiger partial charge in [0.05, 0.1) is 18.8 Å². The molecule has 0 aliphatic carbocycles. The zero-order valence-electron chi connectivity index (χ0n) is 21.6. The molecule has 0 rings (SSSR count). The molecule has 1 amide bonds. The van der Waals surface area contributed by atoms with Crippen molar-refractivity contribution in [2.45, 2.75) is 135 Å². The van der Waals surface area contributed by atoms with Gasteiger partial charge in [0, 0.05) is 6.42 Å². The summed E-state index contributed by atoms with van der Waals surface area (Å²) in [7, 11) is 0. The maximum Gasteiger partial charge on any atom is 0.220 e. The van der Waals surface area contributed by atoms with Gasteiger partial charge in [-0.1, -0.05) is 95.2 Å². The Morgan fingerprint density at radius 1 is 0.697 bits per heavy atom. The topological polar surface area (TPSA) is 69.6 Å². The van der Waals surface area contributed by atoms with Gasteiger partial charge in [-0.05, 0) is 57.8 Å². The van der Waals surface area contributed by atoms with Crippen molar-refractivity contribution in [3.05, 3.63) is 36.5 Å². The Morgan fingerprint density at radius 2 is 1.18 bits per heavy atom. The Labute approximate surface area is 204 Å². The predicted molar refractivity (Wildman–Crippen MR) is 142 cm³/mol. The lowest BCUT2D eigenvalue weighted by atomic mass is 10.1. The third-order valence-corrected chi connectivity index (χ3v) is 5.85. The molecule has 0 aliphatic rings. The fraction of sp³-hybridized carbons (Fsp3) is 0.759. The van der Waals surface area contributed by atoms with Crippen LogP contribution >= 0.6 is 0 Å². The summed E-state index contributed by atoms with van der Waals surface area (Å²) in [5.41, 5.74) is 0. The maximum absolute atomic E-state index is 12.1. The van der Waals surface area contributed by atoms with Gasteiger partial charge in [-0.2, -0.15) is 0 Å². The van der Waals surface area contributed by atoms with Gasteiger partial charge in [0.1, 0.15) is 0 Å². The van der Waals surface area contributed by atoms with Crippen LogP contribution in [-0.4, -0.2) is 34.9 Å². The summed E-state index contributed by atoms with van der Waals surface area (Å²) in [6, 6.07) is -0.637. The minimum absolute atomic E-state index is 0.0912. The second-order valence-electron chi connectivity index (χ2n) is 9.09. The first-order valence-electron chi connectivity index (χ1n) is 13.7. The molecule has 4 nitrogen and oxygen atoms in total. The highest BCUT2D eigenvalue weighted by Crippen LogP contribution is 2.09. The number of amides is 1. The average Bonchev–Trinajstić information content (AvgIpc) is 2.82. The number of hydrogen-bond acceptors (Lipinski definition) is 3. The molecule has 0 spiro atoms. The van der Waals surface area contributed by atoms with Crippen LogP contribution in [-0.2, 0) is 4.79 Å². The van der Waals surface area contributed by atoms with E-state index in [1.54, 1.807) is 6.08 Å². The quantitative estimate of drug-likeness (QED) is 0.111. The van der Waals surface area contributed by atoms with Crippen LogP contribution in [0.3, 0.4) is 0 Å². The number of rotatable bonds is 23. The van der Waals surface area contributed by atoms with Crippen molar-refractivity contribution in [3.63, 3.8) is 0 Å². The minimum atomic E-state index is -0.859. The molecule has 0 radical (unpaired) electrons. The zero-order chi connectivity index (χ0) is 24.4. The summed E-state index contributed by atoms with van der Waals surface area (Å²) in [4.78, 5) is 12.1. The minimum Gasteiger partial charge on any atom is -0.394 e. The van der Waals surface area contributed by atoms with Crippen LogP contribution in [0.4, 0.5) is 0 Å². The third kappa shape index (κ3) is 22.2. The van der Waals surface area contributed by atoms with Gasteiger partial charge in [0.15, 0.2) is 0 Å². The number of nitrogens with one attached hydrogen (secondary N) is 1. The molecule has 4 heteroatoms. The van der Waals surface area contributed by atoms with Crippen LogP contribution in [0.5, 0.6) is 0 Å². The number of carbonyl (C=O) groups excluding carboxylic acids is 1. The summed E-state index contributed by atoms with van der Waals surface area (Å²) in [6.07, 6.45) is 30.7. The maximum atomic E-state index is 12.1. The monoisotopic (exact) mass is 463 g/mol. The second kappa shape index (κ2) is 25.2. The molecule has 0 bridgehead atoms. The molecule has 33 heavy (non-hydrogen) atoms. The summed E-state index contributed by atoms with van der Waals surface area (Å²) in [5.74, 6) is -0.0912. The molecule has 192 valence electrons. The standard InChI is InChI=1S/C29H53NO3/c1-3-5-7-9-11-13-14-15-17-19-21-23-25-29(33)30-27(26-31)28(32)24-22-20-18-16-12-10-8-6-4-2/h11-13,16,22,24,27-28,31-32H,3-10,14-15,17-21,23,25-26H2,1-2H3,(H,30,33)/b13-11-,16-12+,24-22+. The number of aliphatic hydroxyl groups is 2. The summed E-state index contributed by atoms with van der Waals surface area (Å²) in [5, 5.41) is 22.6. The molecule has 0 saturated heterocycles. The van der Waals surface area contributed by atoms with Gasteiger partial charge < -0.3 is 15.5 Å². The number of carbonyl (C=O) groups is 1. The fourth-order valence-corrected chi connectivity index (χ4v) is 3.65. The Hall–Kier alpha value is -1.39. The van der Waals surface area contributed by atoms with Gasteiger partial charge in [-0.15, -0.1) is 0 Å². The van der Waals surface area contributed by atoms with E-state index in [0.29, 0.717) is 6.42 Å². The summed E-state index contributed by atoms with van der Waals surface area (Å²) >= 11 is 0. The van der Waals surface area contributed by atoms with Crippen LogP contribution < -0.4 is 5.32 Å². The van der Waals surface area contributed by atoms with Crippen molar-refractivity contribution in [3.8, 4) is 0 Å². The molecular weight excluding hydrogens is 410 g/mol. The molecule has 0 aromatic heterocycles. The van der Waals surface area contributed by atoms with E-state index in [1.807, 2.05) is 6.08 Å². The first kappa shape index (κ1) is 31.6. The van der Waals surface area contributed by atoms with E-state index in [2.05, 4.69) is 43.5 Å². The van der Waals surface area contributed by atoms with Crippen molar-refractivity contribution in [1.82, 2.24) is 5.32 Å². The van der Waals surface area contributed by atoms with Crippen LogP contribution in [0.1, 0.15) is 123 Å². The predicted octanol–water partition coefficient (Wildman–Crippen LogP) is 7.16. The SMILES string of the molecule is CCCCC/C=C\CCCCCCCC(=O)NC(CO)C(O)/C=C/CC/C=C/CCCCC. The molecule has 0 aromatic rings. The molecule has 0 aromatic carbocycles. The Balaban J connectivity index is 3.79. The number of hydrogen-bond donors (Lipinski definition) is 3. The van der Waals surface area contributed by atoms with Gasteiger partial charge in [0.2, 0.25) is 5.91 Å². The fourth-order valence-electron chi connectivity index (χ4n) is 3.65. The lowest BCUT2D eigenvalue weighted by Gasteiger charge is -2.19. The van der Waals surface area contributed by atoms with Crippen LogP contribution in [0, 0.1) is 0 Å². The van der Waals surface area contributed by atoms with E-state index in [0.717, 1.165) is 44.9 Å². The van der Waals surface area contributed by atoms with E-state index in [-0.39, 0.29) is 12.5 Å². The zero-order valence-corrected chi connectivity index (χ0v) is 21.6. The summed E-state index contributed by atoms with van der Waals surface area (Å²) in [6.45, 7) is 4.18. The van der Waals surface area contributed by atoms with Gasteiger partial charge >= 0.3 is 0 Å². The number of aliphatic hydroxyl groups excluding tert-OH is 2. The van der Waals surface area contributed by atoms with E-state index >= 15 is 0 Å². The normalized spacial score (nSPS) is 13.9. The van der Waals surface area contributed by atoms with Gasteiger partial charge in [-0.3, -0.25) is 4.79 Å². The molecule has 3 N–H and O–H groups in total. The highest BCUT2D eigenvalue weighted by molar-refractivity contribution is 5.76. The van der Waals surface area contributed by atoms with Crippen LogP contribution in [0.15, 0.2) is 36.5 Å².